The van der Waals surface area contributed by atoms with Crippen molar-refractivity contribution in [2.24, 2.45) is 0 Å². The van der Waals surface area contributed by atoms with Crippen molar-refractivity contribution in [3.8, 4) is 0 Å². The number of hydrogen-bond donors (Lipinski definition) is 2. The fourth-order valence-electron chi connectivity index (χ4n) is 0.168. The standard InChI is InChI=1S/C2H7O4P.2BrH/c1-2-6-7(3,4)5;;/h2H2,1H3,(H2,3,4,5);2*1H. The lowest BCUT2D eigenvalue weighted by Crippen LogP contribution is -1.84. The lowest BCUT2D eigenvalue weighted by Gasteiger charge is -1.98. The van der Waals surface area contributed by atoms with Crippen LogP contribution in [0.3, 0.4) is 0 Å². The Morgan fingerprint density at radius 2 is 1.78 bits per heavy atom. The molecule has 0 aliphatic carbocycles. The summed E-state index contributed by atoms with van der Waals surface area (Å²) in [6.07, 6.45) is 0. The summed E-state index contributed by atoms with van der Waals surface area (Å²) in [5.74, 6) is 0. The Morgan fingerprint density at radius 3 is 1.78 bits per heavy atom. The maximum Gasteiger partial charge on any atom is 0.469 e. The van der Waals surface area contributed by atoms with Crippen LogP contribution >= 0.6 is 41.8 Å². The van der Waals surface area contributed by atoms with E-state index in [2.05, 4.69) is 4.52 Å². The predicted molar refractivity (Wildman–Crippen MR) is 44.3 cm³/mol. The number of phosphoric acid groups is 1. The van der Waals surface area contributed by atoms with Crippen LogP contribution in [0.15, 0.2) is 0 Å². The topological polar surface area (TPSA) is 66.8 Å². The van der Waals surface area contributed by atoms with Crippen molar-refractivity contribution in [1.29, 1.82) is 0 Å². The highest BCUT2D eigenvalue weighted by atomic mass is 79.9. The van der Waals surface area contributed by atoms with E-state index >= 15 is 0 Å². The van der Waals surface area contributed by atoms with E-state index in [1.807, 2.05) is 0 Å². The van der Waals surface area contributed by atoms with Crippen molar-refractivity contribution < 1.29 is 18.9 Å². The van der Waals surface area contributed by atoms with Gasteiger partial charge < -0.3 is 9.79 Å². The Bertz CT molecular complexity index is 90.6. The number of phosphoric ester groups is 1. The van der Waals surface area contributed by atoms with E-state index < -0.39 is 7.82 Å². The summed E-state index contributed by atoms with van der Waals surface area (Å²) in [6.45, 7) is 1.56. The summed E-state index contributed by atoms with van der Waals surface area (Å²) < 4.78 is 13.6. The molecule has 0 aromatic carbocycles. The molecule has 0 spiro atoms. The van der Waals surface area contributed by atoms with Gasteiger partial charge in [-0.3, -0.25) is 4.52 Å². The molecule has 0 saturated carbocycles. The van der Waals surface area contributed by atoms with Crippen LogP contribution in [-0.2, 0) is 9.09 Å². The van der Waals surface area contributed by atoms with Crippen LogP contribution in [0.5, 0.6) is 0 Å². The molecule has 0 rings (SSSR count). The van der Waals surface area contributed by atoms with Gasteiger partial charge in [0.15, 0.2) is 0 Å². The Morgan fingerprint density at radius 1 is 1.44 bits per heavy atom. The first kappa shape index (κ1) is 16.6. The van der Waals surface area contributed by atoms with Gasteiger partial charge in [-0.15, -0.1) is 34.0 Å². The quantitative estimate of drug-likeness (QED) is 0.751. The molecule has 0 amide bonds. The number of hydrogen-bond acceptors (Lipinski definition) is 2. The second-order valence-corrected chi connectivity index (χ2v) is 2.15. The molecule has 0 fully saturated rings. The molecule has 7 heteroatoms. The molecule has 0 bridgehead atoms. The third kappa shape index (κ3) is 17.6. The van der Waals surface area contributed by atoms with Crippen LogP contribution in [0.4, 0.5) is 0 Å². The maximum atomic E-state index is 9.70. The lowest BCUT2D eigenvalue weighted by atomic mass is 10.9. The zero-order chi connectivity index (χ0) is 5.91. The van der Waals surface area contributed by atoms with Crippen molar-refractivity contribution in [3.05, 3.63) is 0 Å². The second-order valence-electron chi connectivity index (χ2n) is 0.908. The highest BCUT2D eigenvalue weighted by Crippen LogP contribution is 2.34. The van der Waals surface area contributed by atoms with Gasteiger partial charge in [0.25, 0.3) is 0 Å². The van der Waals surface area contributed by atoms with Crippen LogP contribution in [0.25, 0.3) is 0 Å². The van der Waals surface area contributed by atoms with Crippen LogP contribution < -0.4 is 0 Å². The Kier molecular flexibility index (Phi) is 13.2. The second kappa shape index (κ2) is 7.18. The molecule has 0 atom stereocenters. The van der Waals surface area contributed by atoms with Crippen LogP contribution in [0, 0.1) is 0 Å². The van der Waals surface area contributed by atoms with E-state index in [1.54, 1.807) is 0 Å². The maximum absolute atomic E-state index is 9.70. The van der Waals surface area contributed by atoms with Crippen molar-refractivity contribution in [2.75, 3.05) is 6.61 Å². The highest BCUT2D eigenvalue weighted by molar-refractivity contribution is 8.93. The van der Waals surface area contributed by atoms with Gasteiger partial charge >= 0.3 is 7.82 Å². The van der Waals surface area contributed by atoms with Gasteiger partial charge in [-0.25, -0.2) is 4.57 Å². The van der Waals surface area contributed by atoms with Gasteiger partial charge in [-0.1, -0.05) is 0 Å². The molecule has 4 nitrogen and oxygen atoms in total. The average Bonchev–Trinajstić information content (AvgIpc) is 1.30. The molecule has 2 N–H and O–H groups in total. The Hall–Kier alpha value is 1.07. The van der Waals surface area contributed by atoms with E-state index in [1.165, 1.54) is 6.92 Å². The zero-order valence-corrected chi connectivity index (χ0v) is 9.00. The predicted octanol–water partition coefficient (Wildman–Crippen LogP) is 1.27. The first-order valence-corrected chi connectivity index (χ1v) is 3.29. The van der Waals surface area contributed by atoms with E-state index in [4.69, 9.17) is 9.79 Å². The van der Waals surface area contributed by atoms with E-state index in [0.29, 0.717) is 0 Å². The minimum absolute atomic E-state index is 0. The molecular weight excluding hydrogens is 279 g/mol. The normalized spacial score (nSPS) is 9.22. The third-order valence-corrected chi connectivity index (χ3v) is 0.892. The van der Waals surface area contributed by atoms with Crippen molar-refractivity contribution in [1.82, 2.24) is 0 Å². The smallest absolute Gasteiger partial charge is 0.303 e. The van der Waals surface area contributed by atoms with E-state index in [0.717, 1.165) is 0 Å². The van der Waals surface area contributed by atoms with Crippen molar-refractivity contribution in [3.63, 3.8) is 0 Å². The number of rotatable bonds is 2. The van der Waals surface area contributed by atoms with Gasteiger partial charge in [0.05, 0.1) is 6.61 Å². The van der Waals surface area contributed by atoms with E-state index in [9.17, 15) is 4.57 Å². The largest absolute Gasteiger partial charge is 0.469 e. The van der Waals surface area contributed by atoms with Crippen LogP contribution in [-0.4, -0.2) is 16.4 Å². The first-order valence-electron chi connectivity index (χ1n) is 1.76. The summed E-state index contributed by atoms with van der Waals surface area (Å²) in [7, 11) is -4.17. The first-order chi connectivity index (χ1) is 3.06. The number of halogens is 2. The molecule has 0 aromatic heterocycles. The lowest BCUT2D eigenvalue weighted by molar-refractivity contribution is 0.206. The van der Waals surface area contributed by atoms with Crippen molar-refractivity contribution in [2.45, 2.75) is 6.92 Å². The molecule has 60 valence electrons. The molecule has 0 aliphatic heterocycles. The summed E-state index contributed by atoms with van der Waals surface area (Å²) in [6, 6.07) is 0. The molecular formula is C2H9Br2O4P. The molecule has 9 heavy (non-hydrogen) atoms. The molecule has 0 unspecified atom stereocenters. The van der Waals surface area contributed by atoms with Crippen LogP contribution in [0.2, 0.25) is 0 Å². The molecule has 0 heterocycles. The zero-order valence-electron chi connectivity index (χ0n) is 4.68. The van der Waals surface area contributed by atoms with Gasteiger partial charge in [-0.05, 0) is 6.92 Å². The van der Waals surface area contributed by atoms with Crippen LogP contribution in [0.1, 0.15) is 6.92 Å². The molecule has 0 saturated heterocycles. The minimum atomic E-state index is -4.17. The van der Waals surface area contributed by atoms with Gasteiger partial charge in [0.2, 0.25) is 0 Å². The molecule has 0 aliphatic rings. The summed E-state index contributed by atoms with van der Waals surface area (Å²) >= 11 is 0. The molecule has 0 radical (unpaired) electrons. The Balaban J connectivity index is -0.000000180. The summed E-state index contributed by atoms with van der Waals surface area (Å²) in [5, 5.41) is 0. The fraction of sp³-hybridized carbons (Fsp3) is 1.00. The van der Waals surface area contributed by atoms with Gasteiger partial charge in [-0.2, -0.15) is 0 Å². The summed E-state index contributed by atoms with van der Waals surface area (Å²) in [5.41, 5.74) is 0. The summed E-state index contributed by atoms with van der Waals surface area (Å²) in [4.78, 5) is 15.8. The fourth-order valence-corrected chi connectivity index (χ4v) is 0.505. The van der Waals surface area contributed by atoms with Gasteiger partial charge in [0.1, 0.15) is 0 Å². The minimum Gasteiger partial charge on any atom is -0.303 e. The third-order valence-electron chi connectivity index (χ3n) is 0.297. The average molecular weight is 288 g/mol. The SMILES string of the molecule is Br.Br.CCOP(=O)(O)O. The van der Waals surface area contributed by atoms with Crippen molar-refractivity contribution >= 4 is 41.8 Å². The molecule has 0 aromatic rings. The Labute approximate surface area is 74.4 Å². The monoisotopic (exact) mass is 286 g/mol. The van der Waals surface area contributed by atoms with E-state index in [-0.39, 0.29) is 40.6 Å². The highest BCUT2D eigenvalue weighted by Gasteiger charge is 2.10. The van der Waals surface area contributed by atoms with Gasteiger partial charge in [0, 0.05) is 0 Å².